The summed E-state index contributed by atoms with van der Waals surface area (Å²) in [6.07, 6.45) is 5.35. The van der Waals surface area contributed by atoms with Gasteiger partial charge in [0.05, 0.1) is 5.60 Å². The number of hydrogen-bond donors (Lipinski definition) is 1. The van der Waals surface area contributed by atoms with Crippen LogP contribution in [0.4, 0.5) is 0 Å². The standard InChI is InChI=1S/C11H19NO/c1-3-4-6-10(12)9-11(13-2)7-5-8-11/h10H,5-9,12H2,1-2H3. The van der Waals surface area contributed by atoms with E-state index in [1.54, 1.807) is 7.11 Å². The van der Waals surface area contributed by atoms with Gasteiger partial charge in [-0.25, -0.2) is 0 Å². The SMILES string of the molecule is CC#CCC(N)CC1(OC)CCC1. The van der Waals surface area contributed by atoms with Crippen molar-refractivity contribution in [2.75, 3.05) is 7.11 Å². The molecule has 0 spiro atoms. The van der Waals surface area contributed by atoms with Crippen molar-refractivity contribution in [1.29, 1.82) is 0 Å². The summed E-state index contributed by atoms with van der Waals surface area (Å²) in [6, 6.07) is 0.174. The van der Waals surface area contributed by atoms with E-state index in [4.69, 9.17) is 10.5 Å². The predicted molar refractivity (Wildman–Crippen MR) is 54.3 cm³/mol. The third kappa shape index (κ3) is 2.72. The molecule has 0 amide bonds. The number of rotatable bonds is 4. The van der Waals surface area contributed by atoms with Gasteiger partial charge in [0, 0.05) is 19.6 Å². The molecule has 0 aliphatic heterocycles. The van der Waals surface area contributed by atoms with E-state index >= 15 is 0 Å². The summed E-state index contributed by atoms with van der Waals surface area (Å²) in [5.74, 6) is 5.88. The molecule has 0 heterocycles. The Bertz CT molecular complexity index is 204. The lowest BCUT2D eigenvalue weighted by atomic mass is 9.75. The van der Waals surface area contributed by atoms with Crippen LogP contribution in [-0.2, 0) is 4.74 Å². The van der Waals surface area contributed by atoms with Gasteiger partial charge in [-0.05, 0) is 32.6 Å². The van der Waals surface area contributed by atoms with Crippen LogP contribution in [0.3, 0.4) is 0 Å². The average molecular weight is 181 g/mol. The Morgan fingerprint density at radius 1 is 1.54 bits per heavy atom. The Morgan fingerprint density at radius 3 is 2.62 bits per heavy atom. The molecule has 0 aromatic carbocycles. The Hall–Kier alpha value is -0.520. The van der Waals surface area contributed by atoms with E-state index < -0.39 is 0 Å². The zero-order valence-electron chi connectivity index (χ0n) is 8.60. The third-order valence-electron chi connectivity index (χ3n) is 2.87. The van der Waals surface area contributed by atoms with Crippen LogP contribution in [0.5, 0.6) is 0 Å². The summed E-state index contributed by atoms with van der Waals surface area (Å²) < 4.78 is 5.50. The largest absolute Gasteiger partial charge is 0.378 e. The molecule has 0 bridgehead atoms. The van der Waals surface area contributed by atoms with Crippen LogP contribution in [-0.4, -0.2) is 18.8 Å². The van der Waals surface area contributed by atoms with E-state index in [0.29, 0.717) is 0 Å². The summed E-state index contributed by atoms with van der Waals surface area (Å²) >= 11 is 0. The maximum Gasteiger partial charge on any atom is 0.0693 e. The summed E-state index contributed by atoms with van der Waals surface area (Å²) in [5, 5.41) is 0. The molecule has 1 aliphatic carbocycles. The van der Waals surface area contributed by atoms with Crippen molar-refractivity contribution in [1.82, 2.24) is 0 Å². The molecule has 1 unspecified atom stereocenters. The smallest absolute Gasteiger partial charge is 0.0693 e. The van der Waals surface area contributed by atoms with E-state index in [1.165, 1.54) is 6.42 Å². The lowest BCUT2D eigenvalue weighted by Crippen LogP contribution is -2.44. The fourth-order valence-corrected chi connectivity index (χ4v) is 1.85. The highest BCUT2D eigenvalue weighted by atomic mass is 16.5. The fourth-order valence-electron chi connectivity index (χ4n) is 1.85. The van der Waals surface area contributed by atoms with Crippen molar-refractivity contribution >= 4 is 0 Å². The fraction of sp³-hybridized carbons (Fsp3) is 0.818. The molecule has 2 N–H and O–H groups in total. The molecular formula is C11H19NO. The van der Waals surface area contributed by atoms with Crippen molar-refractivity contribution in [3.8, 4) is 11.8 Å². The number of ether oxygens (including phenoxy) is 1. The zero-order chi connectivity index (χ0) is 9.73. The van der Waals surface area contributed by atoms with Crippen LogP contribution in [0, 0.1) is 11.8 Å². The van der Waals surface area contributed by atoms with Crippen LogP contribution < -0.4 is 5.73 Å². The Balaban J connectivity index is 2.31. The number of nitrogens with two attached hydrogens (primary N) is 1. The third-order valence-corrected chi connectivity index (χ3v) is 2.87. The summed E-state index contributed by atoms with van der Waals surface area (Å²) in [4.78, 5) is 0. The molecule has 1 rings (SSSR count). The van der Waals surface area contributed by atoms with Gasteiger partial charge in [-0.15, -0.1) is 11.8 Å². The second-order valence-electron chi connectivity index (χ2n) is 3.84. The van der Waals surface area contributed by atoms with Crippen molar-refractivity contribution in [2.24, 2.45) is 5.73 Å². The Labute approximate surface area is 80.8 Å². The Morgan fingerprint density at radius 2 is 2.23 bits per heavy atom. The summed E-state index contributed by atoms with van der Waals surface area (Å²) in [7, 11) is 1.79. The van der Waals surface area contributed by atoms with E-state index in [9.17, 15) is 0 Å². The molecule has 0 radical (unpaired) electrons. The van der Waals surface area contributed by atoms with Gasteiger partial charge < -0.3 is 10.5 Å². The second-order valence-corrected chi connectivity index (χ2v) is 3.84. The molecule has 2 nitrogen and oxygen atoms in total. The molecule has 0 aromatic rings. The average Bonchev–Trinajstić information content (AvgIpc) is 2.08. The first-order chi connectivity index (χ1) is 6.22. The van der Waals surface area contributed by atoms with Gasteiger partial charge >= 0.3 is 0 Å². The van der Waals surface area contributed by atoms with Gasteiger partial charge in [-0.1, -0.05) is 0 Å². The molecule has 1 saturated carbocycles. The highest BCUT2D eigenvalue weighted by Crippen LogP contribution is 2.38. The van der Waals surface area contributed by atoms with Crippen LogP contribution >= 0.6 is 0 Å². The molecule has 1 atom stereocenters. The highest BCUT2D eigenvalue weighted by Gasteiger charge is 2.37. The van der Waals surface area contributed by atoms with Gasteiger partial charge in [-0.2, -0.15) is 0 Å². The monoisotopic (exact) mass is 181 g/mol. The van der Waals surface area contributed by atoms with Crippen LogP contribution in [0.25, 0.3) is 0 Å². The topological polar surface area (TPSA) is 35.2 Å². The van der Waals surface area contributed by atoms with Gasteiger partial charge in [0.2, 0.25) is 0 Å². The second kappa shape index (κ2) is 4.64. The summed E-state index contributed by atoms with van der Waals surface area (Å²) in [6.45, 7) is 1.85. The van der Waals surface area contributed by atoms with Crippen molar-refractivity contribution in [3.05, 3.63) is 0 Å². The minimum atomic E-state index is 0.0921. The van der Waals surface area contributed by atoms with Crippen molar-refractivity contribution < 1.29 is 4.74 Å². The first-order valence-corrected chi connectivity index (χ1v) is 4.93. The van der Waals surface area contributed by atoms with Crippen LogP contribution in [0.15, 0.2) is 0 Å². The number of methoxy groups -OCH3 is 1. The van der Waals surface area contributed by atoms with Crippen molar-refractivity contribution in [2.45, 2.75) is 50.7 Å². The van der Waals surface area contributed by atoms with Gasteiger partial charge in [0.25, 0.3) is 0 Å². The molecule has 0 aromatic heterocycles. The Kier molecular flexibility index (Phi) is 3.77. The van der Waals surface area contributed by atoms with Gasteiger partial charge in [0.1, 0.15) is 0 Å². The van der Waals surface area contributed by atoms with Crippen molar-refractivity contribution in [3.63, 3.8) is 0 Å². The lowest BCUT2D eigenvalue weighted by molar-refractivity contribution is -0.0811. The van der Waals surface area contributed by atoms with E-state index in [2.05, 4.69) is 11.8 Å². The number of hydrogen-bond acceptors (Lipinski definition) is 2. The molecule has 74 valence electrons. The molecule has 0 saturated heterocycles. The minimum absolute atomic E-state index is 0.0921. The normalized spacial score (nSPS) is 21.2. The summed E-state index contributed by atoms with van der Waals surface area (Å²) in [5.41, 5.74) is 6.04. The van der Waals surface area contributed by atoms with Crippen LogP contribution in [0.1, 0.15) is 39.0 Å². The zero-order valence-corrected chi connectivity index (χ0v) is 8.60. The molecular weight excluding hydrogens is 162 g/mol. The molecule has 2 heteroatoms. The quantitative estimate of drug-likeness (QED) is 0.670. The van der Waals surface area contributed by atoms with Crippen LogP contribution in [0.2, 0.25) is 0 Å². The maximum atomic E-state index is 5.95. The van der Waals surface area contributed by atoms with E-state index in [-0.39, 0.29) is 11.6 Å². The molecule has 1 aliphatic rings. The van der Waals surface area contributed by atoms with E-state index in [0.717, 1.165) is 25.7 Å². The minimum Gasteiger partial charge on any atom is -0.378 e. The molecule has 1 fully saturated rings. The van der Waals surface area contributed by atoms with Gasteiger partial charge in [-0.3, -0.25) is 0 Å². The lowest BCUT2D eigenvalue weighted by Gasteiger charge is -2.42. The maximum absolute atomic E-state index is 5.95. The predicted octanol–water partition coefficient (Wildman–Crippen LogP) is 1.69. The highest BCUT2D eigenvalue weighted by molar-refractivity contribution is 5.00. The first-order valence-electron chi connectivity index (χ1n) is 4.93. The first kappa shape index (κ1) is 10.6. The van der Waals surface area contributed by atoms with E-state index in [1.807, 2.05) is 6.92 Å². The van der Waals surface area contributed by atoms with Gasteiger partial charge in [0.15, 0.2) is 0 Å². The molecule has 13 heavy (non-hydrogen) atoms.